The minimum atomic E-state index is -0.240. The number of amides is 1. The number of anilines is 1. The number of rotatable bonds is 5. The zero-order chi connectivity index (χ0) is 25.4. The van der Waals surface area contributed by atoms with Gasteiger partial charge < -0.3 is 5.32 Å². The molecule has 9 heteroatoms. The van der Waals surface area contributed by atoms with Crippen LogP contribution in [0.3, 0.4) is 0 Å². The lowest BCUT2D eigenvalue weighted by molar-refractivity contribution is -0.122. The molecule has 2 aliphatic rings. The van der Waals surface area contributed by atoms with Gasteiger partial charge in [0.15, 0.2) is 0 Å². The average Bonchev–Trinajstić information content (AvgIpc) is 3.12. The van der Waals surface area contributed by atoms with Crippen LogP contribution in [-0.4, -0.2) is 30.6 Å². The molecule has 1 saturated carbocycles. The Labute approximate surface area is 224 Å². The summed E-state index contributed by atoms with van der Waals surface area (Å²) in [4.78, 5) is 33.7. The molecule has 5 rings (SSSR count). The van der Waals surface area contributed by atoms with Gasteiger partial charge in [-0.15, -0.1) is 0 Å². The van der Waals surface area contributed by atoms with Gasteiger partial charge in [-0.1, -0.05) is 66.8 Å². The van der Waals surface area contributed by atoms with Crippen LogP contribution >= 0.6 is 35.6 Å². The monoisotopic (exact) mass is 538 g/mol. The summed E-state index contributed by atoms with van der Waals surface area (Å²) in [7, 11) is 0. The van der Waals surface area contributed by atoms with Gasteiger partial charge in [0.05, 0.1) is 17.0 Å². The number of hydrogen-bond donors (Lipinski definition) is 1. The molecule has 1 aliphatic heterocycles. The number of hydrogen-bond acceptors (Lipinski definition) is 6. The molecule has 2 aromatic heterocycles. The summed E-state index contributed by atoms with van der Waals surface area (Å²) in [5.74, 6) is 0.983. The van der Waals surface area contributed by atoms with E-state index in [1.54, 1.807) is 22.7 Å². The predicted octanol–water partition coefficient (Wildman–Crippen LogP) is 6.05. The van der Waals surface area contributed by atoms with Crippen molar-refractivity contribution in [1.82, 2.24) is 14.3 Å². The standard InChI is InChI=1S/C27H27ClN4O2S2/c1-16-7-10-19(11-8-16)29-24-20(25(33)31-14-17(2)9-12-23(31)30-24)13-22-26(34)32(27(35)36-22)15-18-5-3-4-6-21(18)28/h3-6,9,12-14,16,19,29H,7-8,10-11,15H2,1-2H3. The topological polar surface area (TPSA) is 66.7 Å². The largest absolute Gasteiger partial charge is 0.367 e. The number of carbonyl (C=O) groups excluding carboxylic acids is 1. The quantitative estimate of drug-likeness (QED) is 0.315. The first-order chi connectivity index (χ1) is 17.3. The molecule has 2 fully saturated rings. The van der Waals surface area contributed by atoms with Crippen molar-refractivity contribution >= 4 is 63.3 Å². The van der Waals surface area contributed by atoms with E-state index in [4.69, 9.17) is 28.8 Å². The van der Waals surface area contributed by atoms with Crippen LogP contribution in [0, 0.1) is 12.8 Å². The number of thiocarbonyl (C=S) groups is 1. The highest BCUT2D eigenvalue weighted by Crippen LogP contribution is 2.35. The minimum absolute atomic E-state index is 0.216. The van der Waals surface area contributed by atoms with Gasteiger partial charge in [0.1, 0.15) is 15.8 Å². The molecule has 0 radical (unpaired) electrons. The second-order valence-electron chi connectivity index (χ2n) is 9.57. The van der Waals surface area contributed by atoms with Crippen molar-refractivity contribution < 1.29 is 4.79 Å². The summed E-state index contributed by atoms with van der Waals surface area (Å²) in [6.45, 7) is 4.48. The number of fused-ring (bicyclic) bond motifs is 1. The van der Waals surface area contributed by atoms with Gasteiger partial charge in [0, 0.05) is 17.3 Å². The predicted molar refractivity (Wildman–Crippen MR) is 151 cm³/mol. The Balaban J connectivity index is 1.53. The molecule has 6 nitrogen and oxygen atoms in total. The van der Waals surface area contributed by atoms with Crippen LogP contribution in [-0.2, 0) is 11.3 Å². The number of aryl methyl sites for hydroxylation is 1. The van der Waals surface area contributed by atoms with Gasteiger partial charge in [-0.25, -0.2) is 4.98 Å². The molecule has 186 valence electrons. The highest BCUT2D eigenvalue weighted by Gasteiger charge is 2.33. The molecular weight excluding hydrogens is 512 g/mol. The third-order valence-corrected chi connectivity index (χ3v) is 8.54. The number of thioether (sulfide) groups is 1. The zero-order valence-electron chi connectivity index (χ0n) is 20.2. The van der Waals surface area contributed by atoms with Crippen LogP contribution in [0.5, 0.6) is 0 Å². The molecule has 1 aliphatic carbocycles. The van der Waals surface area contributed by atoms with Gasteiger partial charge in [-0.2, -0.15) is 0 Å². The number of halogens is 1. The first-order valence-corrected chi connectivity index (χ1v) is 13.7. The fourth-order valence-electron chi connectivity index (χ4n) is 4.66. The normalized spacial score (nSPS) is 21.5. The maximum atomic E-state index is 13.6. The zero-order valence-corrected chi connectivity index (χ0v) is 22.6. The third kappa shape index (κ3) is 5.08. The van der Waals surface area contributed by atoms with Gasteiger partial charge in [-0.3, -0.25) is 18.9 Å². The van der Waals surface area contributed by atoms with E-state index < -0.39 is 0 Å². The number of aromatic nitrogens is 2. The highest BCUT2D eigenvalue weighted by atomic mass is 35.5. The van der Waals surface area contributed by atoms with E-state index in [1.165, 1.54) is 16.7 Å². The summed E-state index contributed by atoms with van der Waals surface area (Å²) in [6, 6.07) is 11.4. The van der Waals surface area contributed by atoms with E-state index in [1.807, 2.05) is 37.3 Å². The van der Waals surface area contributed by atoms with Crippen molar-refractivity contribution in [3.8, 4) is 0 Å². The Morgan fingerprint density at radius 2 is 1.92 bits per heavy atom. The number of carbonyl (C=O) groups is 1. The van der Waals surface area contributed by atoms with E-state index in [9.17, 15) is 9.59 Å². The second-order valence-corrected chi connectivity index (χ2v) is 11.7. The van der Waals surface area contributed by atoms with Gasteiger partial charge >= 0.3 is 0 Å². The van der Waals surface area contributed by atoms with Crippen molar-refractivity contribution in [3.63, 3.8) is 0 Å². The molecule has 1 aromatic carbocycles. The van der Waals surface area contributed by atoms with E-state index in [-0.39, 0.29) is 24.1 Å². The summed E-state index contributed by atoms with van der Waals surface area (Å²) >= 11 is 13.0. The van der Waals surface area contributed by atoms with Crippen molar-refractivity contribution in [2.75, 3.05) is 5.32 Å². The Morgan fingerprint density at radius 3 is 2.67 bits per heavy atom. The van der Waals surface area contributed by atoms with Crippen molar-refractivity contribution in [2.24, 2.45) is 5.92 Å². The van der Waals surface area contributed by atoms with Crippen LogP contribution in [0.1, 0.15) is 49.3 Å². The van der Waals surface area contributed by atoms with Crippen LogP contribution < -0.4 is 10.9 Å². The van der Waals surface area contributed by atoms with Crippen molar-refractivity contribution in [2.45, 2.75) is 52.1 Å². The van der Waals surface area contributed by atoms with Crippen LogP contribution in [0.4, 0.5) is 5.82 Å². The van der Waals surface area contributed by atoms with Gasteiger partial charge in [-0.05, 0) is 67.9 Å². The third-order valence-electron chi connectivity index (χ3n) is 6.80. The van der Waals surface area contributed by atoms with Crippen LogP contribution in [0.2, 0.25) is 5.02 Å². The fourth-order valence-corrected chi connectivity index (χ4v) is 6.09. The molecule has 1 N–H and O–H groups in total. The summed E-state index contributed by atoms with van der Waals surface area (Å²) in [5, 5.41) is 4.10. The molecule has 36 heavy (non-hydrogen) atoms. The van der Waals surface area contributed by atoms with E-state index in [0.29, 0.717) is 37.2 Å². The summed E-state index contributed by atoms with van der Waals surface area (Å²) in [6.07, 6.45) is 7.74. The minimum Gasteiger partial charge on any atom is -0.367 e. The number of benzene rings is 1. The van der Waals surface area contributed by atoms with Gasteiger partial charge in [0.25, 0.3) is 11.5 Å². The molecular formula is C27H27ClN4O2S2. The van der Waals surface area contributed by atoms with E-state index >= 15 is 0 Å². The van der Waals surface area contributed by atoms with Crippen molar-refractivity contribution in [1.29, 1.82) is 0 Å². The lowest BCUT2D eigenvalue weighted by Gasteiger charge is -2.27. The SMILES string of the molecule is Cc1ccc2nc(NC3CCC(C)CC3)c(C=C3SC(=S)N(Cc4ccccc4Cl)C3=O)c(=O)n2c1. The van der Waals surface area contributed by atoms with E-state index in [2.05, 4.69) is 12.2 Å². The Hall–Kier alpha value is -2.68. The number of nitrogens with one attached hydrogen (secondary N) is 1. The van der Waals surface area contributed by atoms with Crippen molar-refractivity contribution in [3.05, 3.63) is 79.6 Å². The maximum Gasteiger partial charge on any atom is 0.267 e. The molecule has 0 bridgehead atoms. The molecule has 0 unspecified atom stereocenters. The highest BCUT2D eigenvalue weighted by molar-refractivity contribution is 8.26. The fraction of sp³-hybridized carbons (Fsp3) is 0.333. The molecule has 1 amide bonds. The first kappa shape index (κ1) is 25.0. The lowest BCUT2D eigenvalue weighted by atomic mass is 9.87. The molecule has 3 aromatic rings. The number of pyridine rings is 1. The van der Waals surface area contributed by atoms with Crippen LogP contribution in [0.15, 0.2) is 52.3 Å². The summed E-state index contributed by atoms with van der Waals surface area (Å²) in [5.41, 5.74) is 2.49. The average molecular weight is 539 g/mol. The molecule has 3 heterocycles. The smallest absolute Gasteiger partial charge is 0.267 e. The maximum absolute atomic E-state index is 13.6. The molecule has 0 spiro atoms. The second kappa shape index (κ2) is 10.4. The Kier molecular flexibility index (Phi) is 7.19. The summed E-state index contributed by atoms with van der Waals surface area (Å²) < 4.78 is 1.98. The lowest BCUT2D eigenvalue weighted by Crippen LogP contribution is -2.29. The first-order valence-electron chi connectivity index (χ1n) is 12.1. The Morgan fingerprint density at radius 1 is 1.17 bits per heavy atom. The van der Waals surface area contributed by atoms with Crippen LogP contribution in [0.25, 0.3) is 11.7 Å². The Bertz CT molecular complexity index is 1440. The molecule has 0 atom stereocenters. The van der Waals surface area contributed by atoms with E-state index in [0.717, 1.165) is 36.8 Å². The molecule has 1 saturated heterocycles. The van der Waals surface area contributed by atoms with Gasteiger partial charge in [0.2, 0.25) is 0 Å². The number of nitrogens with zero attached hydrogens (tertiary/aromatic N) is 3.